The zero-order chi connectivity index (χ0) is 27.0. The molecule has 0 fully saturated rings. The number of nitrogens with one attached hydrogen (secondary N) is 1. The highest BCUT2D eigenvalue weighted by Gasteiger charge is 2.15. The van der Waals surface area contributed by atoms with Crippen molar-refractivity contribution in [3.63, 3.8) is 0 Å². The summed E-state index contributed by atoms with van der Waals surface area (Å²) in [7, 11) is -3.69. The van der Waals surface area contributed by atoms with Crippen molar-refractivity contribution in [3.05, 3.63) is 101 Å². The van der Waals surface area contributed by atoms with Crippen LogP contribution in [0, 0.1) is 5.82 Å². The summed E-state index contributed by atoms with van der Waals surface area (Å²) < 4.78 is 40.2. The molecular formula is C25H25FN4O6S. The number of aliphatic carboxylic acids is 2. The summed E-state index contributed by atoms with van der Waals surface area (Å²) in [5.74, 6) is 2.62. The fourth-order valence-electron chi connectivity index (χ4n) is 3.38. The Morgan fingerprint density at radius 1 is 0.892 bits per heavy atom. The van der Waals surface area contributed by atoms with E-state index >= 15 is 0 Å². The second-order valence-corrected chi connectivity index (χ2v) is 9.74. The number of hydrogen-bond donors (Lipinski definition) is 4. The maximum atomic E-state index is 13.0. The normalized spacial score (nSPS) is 12.9. The van der Waals surface area contributed by atoms with Crippen LogP contribution >= 0.6 is 0 Å². The predicted molar refractivity (Wildman–Crippen MR) is 134 cm³/mol. The van der Waals surface area contributed by atoms with Gasteiger partial charge in [-0.1, -0.05) is 48.5 Å². The van der Waals surface area contributed by atoms with Gasteiger partial charge in [0.2, 0.25) is 10.0 Å². The third kappa shape index (κ3) is 7.93. The lowest BCUT2D eigenvalue weighted by molar-refractivity contribution is -0.159. The van der Waals surface area contributed by atoms with Crippen molar-refractivity contribution in [3.8, 4) is 0 Å². The third-order valence-electron chi connectivity index (χ3n) is 5.29. The average Bonchev–Trinajstić information content (AvgIpc) is 3.30. The first-order chi connectivity index (χ1) is 17.5. The van der Waals surface area contributed by atoms with E-state index in [1.807, 2.05) is 36.4 Å². The standard InChI is InChI=1S/C23H23FN4O2S.C2H2O4/c24-21-9-11-22(12-10-21)31(29,30)27-16-19-3-1-17(2-4-19)15-18-5-7-20(8-6-18)23-26-13-14-28(23)25;3-1(4)2(5)6/h1-12,27H,13-16,25H2;(H,3,4)(H,5,6). The number of carboxylic acid groups (broad SMARTS) is 2. The molecular weight excluding hydrogens is 503 g/mol. The van der Waals surface area contributed by atoms with Crippen LogP contribution in [0.5, 0.6) is 0 Å². The van der Waals surface area contributed by atoms with E-state index in [2.05, 4.69) is 21.8 Å². The molecule has 0 saturated carbocycles. The van der Waals surface area contributed by atoms with Gasteiger partial charge in [-0.2, -0.15) is 0 Å². The molecule has 5 N–H and O–H groups in total. The lowest BCUT2D eigenvalue weighted by Crippen LogP contribution is -2.34. The van der Waals surface area contributed by atoms with Gasteiger partial charge in [0.05, 0.1) is 18.0 Å². The molecule has 0 radical (unpaired) electrons. The summed E-state index contributed by atoms with van der Waals surface area (Å²) in [5, 5.41) is 16.4. The minimum absolute atomic E-state index is 0.0373. The van der Waals surface area contributed by atoms with Gasteiger partial charge in [0, 0.05) is 12.1 Å². The Bertz CT molecular complexity index is 1360. The van der Waals surface area contributed by atoms with Crippen LogP contribution in [0.25, 0.3) is 0 Å². The Morgan fingerprint density at radius 2 is 1.41 bits per heavy atom. The first-order valence-corrected chi connectivity index (χ1v) is 12.5. The SMILES string of the molecule is NN1CCN=C1c1ccc(Cc2ccc(CNS(=O)(=O)c3ccc(F)cc3)cc2)cc1.O=C(O)C(=O)O. The van der Waals surface area contributed by atoms with Crippen LogP contribution in [0.1, 0.15) is 22.3 Å². The predicted octanol–water partition coefficient (Wildman–Crippen LogP) is 1.99. The van der Waals surface area contributed by atoms with Gasteiger partial charge in [-0.25, -0.2) is 33.0 Å². The number of benzene rings is 3. The summed E-state index contributed by atoms with van der Waals surface area (Å²) in [6, 6.07) is 20.7. The monoisotopic (exact) mass is 528 g/mol. The molecule has 0 atom stereocenters. The van der Waals surface area contributed by atoms with Gasteiger partial charge in [-0.3, -0.25) is 10.0 Å². The summed E-state index contributed by atoms with van der Waals surface area (Å²) in [4.78, 5) is 22.7. The summed E-state index contributed by atoms with van der Waals surface area (Å²) >= 11 is 0. The lowest BCUT2D eigenvalue weighted by atomic mass is 10.0. The number of sulfonamides is 1. The van der Waals surface area contributed by atoms with E-state index in [4.69, 9.17) is 25.6 Å². The van der Waals surface area contributed by atoms with Gasteiger partial charge < -0.3 is 10.2 Å². The molecule has 0 spiro atoms. The summed E-state index contributed by atoms with van der Waals surface area (Å²) in [6.07, 6.45) is 0.765. The fourth-order valence-corrected chi connectivity index (χ4v) is 4.39. The molecule has 0 amide bonds. The van der Waals surface area contributed by atoms with Crippen molar-refractivity contribution in [2.24, 2.45) is 10.8 Å². The van der Waals surface area contributed by atoms with E-state index in [9.17, 15) is 12.8 Å². The second kappa shape index (κ2) is 12.2. The summed E-state index contributed by atoms with van der Waals surface area (Å²) in [5.41, 5.74) is 4.13. The van der Waals surface area contributed by atoms with Gasteiger partial charge in [-0.05, 0) is 47.4 Å². The van der Waals surface area contributed by atoms with E-state index < -0.39 is 27.8 Å². The number of rotatable bonds is 7. The molecule has 3 aromatic carbocycles. The van der Waals surface area contributed by atoms with E-state index in [1.165, 1.54) is 12.1 Å². The van der Waals surface area contributed by atoms with Crippen LogP contribution in [0.4, 0.5) is 4.39 Å². The molecule has 1 heterocycles. The number of hydrazine groups is 1. The minimum Gasteiger partial charge on any atom is -0.473 e. The van der Waals surface area contributed by atoms with Crippen molar-refractivity contribution in [1.82, 2.24) is 9.73 Å². The quantitative estimate of drug-likeness (QED) is 0.267. The highest BCUT2D eigenvalue weighted by atomic mass is 32.2. The number of nitrogens with zero attached hydrogens (tertiary/aromatic N) is 2. The Kier molecular flexibility index (Phi) is 9.06. The molecule has 0 aliphatic carbocycles. The van der Waals surface area contributed by atoms with E-state index in [0.29, 0.717) is 0 Å². The van der Waals surface area contributed by atoms with Crippen molar-refractivity contribution >= 4 is 27.8 Å². The van der Waals surface area contributed by atoms with E-state index in [-0.39, 0.29) is 11.4 Å². The van der Waals surface area contributed by atoms with Crippen molar-refractivity contribution in [2.75, 3.05) is 13.1 Å². The van der Waals surface area contributed by atoms with Crippen LogP contribution in [-0.2, 0) is 32.6 Å². The molecule has 0 unspecified atom stereocenters. The smallest absolute Gasteiger partial charge is 0.414 e. The number of carbonyl (C=O) groups is 2. The largest absolute Gasteiger partial charge is 0.473 e. The molecule has 4 rings (SSSR count). The van der Waals surface area contributed by atoms with Gasteiger partial charge in [0.25, 0.3) is 0 Å². The van der Waals surface area contributed by atoms with Crippen LogP contribution in [0.2, 0.25) is 0 Å². The number of halogens is 1. The molecule has 0 aromatic heterocycles. The number of hydrogen-bond acceptors (Lipinski definition) is 7. The van der Waals surface area contributed by atoms with Crippen molar-refractivity contribution < 1.29 is 32.6 Å². The Hall–Kier alpha value is -4.13. The molecule has 12 heteroatoms. The molecule has 1 aliphatic rings. The molecule has 3 aromatic rings. The first-order valence-electron chi connectivity index (χ1n) is 11.0. The zero-order valence-electron chi connectivity index (χ0n) is 19.5. The maximum Gasteiger partial charge on any atom is 0.414 e. The topological polar surface area (TPSA) is 162 Å². The molecule has 10 nitrogen and oxygen atoms in total. The molecule has 194 valence electrons. The van der Waals surface area contributed by atoms with Crippen LogP contribution in [0.15, 0.2) is 82.7 Å². The first kappa shape index (κ1) is 27.5. The number of amidine groups is 1. The lowest BCUT2D eigenvalue weighted by Gasteiger charge is -2.13. The molecule has 37 heavy (non-hydrogen) atoms. The van der Waals surface area contributed by atoms with E-state index in [1.54, 1.807) is 5.01 Å². The Morgan fingerprint density at radius 3 is 1.89 bits per heavy atom. The van der Waals surface area contributed by atoms with Crippen LogP contribution in [-0.4, -0.2) is 54.5 Å². The number of aliphatic imine (C=N–C) groups is 1. The minimum atomic E-state index is -3.69. The number of carboxylic acids is 2. The Balaban J connectivity index is 0.000000568. The Labute approximate surface area is 212 Å². The fraction of sp³-hybridized carbons (Fsp3) is 0.160. The maximum absolute atomic E-state index is 13.0. The van der Waals surface area contributed by atoms with E-state index in [0.717, 1.165) is 59.7 Å². The zero-order valence-corrected chi connectivity index (χ0v) is 20.4. The molecule has 0 saturated heterocycles. The van der Waals surface area contributed by atoms with Gasteiger partial charge >= 0.3 is 11.9 Å². The van der Waals surface area contributed by atoms with Crippen LogP contribution in [0.3, 0.4) is 0 Å². The van der Waals surface area contributed by atoms with Gasteiger partial charge in [0.1, 0.15) is 11.7 Å². The molecule has 0 bridgehead atoms. The second-order valence-electron chi connectivity index (χ2n) is 7.98. The number of nitrogens with two attached hydrogens (primary N) is 1. The van der Waals surface area contributed by atoms with Gasteiger partial charge in [-0.15, -0.1) is 0 Å². The highest BCUT2D eigenvalue weighted by molar-refractivity contribution is 7.89. The molecule has 1 aliphatic heterocycles. The van der Waals surface area contributed by atoms with Crippen molar-refractivity contribution in [1.29, 1.82) is 0 Å². The highest BCUT2D eigenvalue weighted by Crippen LogP contribution is 2.15. The van der Waals surface area contributed by atoms with Gasteiger partial charge in [0.15, 0.2) is 0 Å². The average molecular weight is 529 g/mol. The summed E-state index contributed by atoms with van der Waals surface area (Å²) in [6.45, 7) is 1.62. The van der Waals surface area contributed by atoms with Crippen LogP contribution < -0.4 is 10.6 Å². The third-order valence-corrected chi connectivity index (χ3v) is 6.71. The van der Waals surface area contributed by atoms with Crippen molar-refractivity contribution in [2.45, 2.75) is 17.9 Å².